The molecule has 0 spiro atoms. The van der Waals surface area contributed by atoms with E-state index in [1.165, 1.54) is 4.90 Å². The van der Waals surface area contributed by atoms with Gasteiger partial charge in [-0.3, -0.25) is 14.5 Å². The molecule has 2 aliphatic rings. The van der Waals surface area contributed by atoms with E-state index in [1.54, 1.807) is 30.3 Å². The summed E-state index contributed by atoms with van der Waals surface area (Å²) >= 11 is 5.90. The first-order valence-electron chi connectivity index (χ1n) is 8.47. The number of fused-ring (bicyclic) bond motifs is 1. The summed E-state index contributed by atoms with van der Waals surface area (Å²) in [4.78, 5) is 30.2. The van der Waals surface area contributed by atoms with Crippen LogP contribution in [0, 0.1) is 23.1 Å². The second-order valence-electron chi connectivity index (χ2n) is 6.62. The van der Waals surface area contributed by atoms with Crippen molar-refractivity contribution in [3.63, 3.8) is 0 Å². The minimum Gasteiger partial charge on any atom is -0.363 e. The number of benzene rings is 1. The van der Waals surface area contributed by atoms with E-state index < -0.39 is 5.82 Å². The predicted octanol–water partition coefficient (Wildman–Crippen LogP) is 3.23. The zero-order chi connectivity index (χ0) is 19.1. The number of amides is 2. The molecule has 4 rings (SSSR count). The number of halogens is 2. The van der Waals surface area contributed by atoms with Crippen LogP contribution in [0.1, 0.15) is 39.1 Å². The number of carbonyl (C=O) groups is 2. The molecule has 1 saturated carbocycles. The Morgan fingerprint density at radius 2 is 1.93 bits per heavy atom. The molecular weight excluding hydrogens is 371 g/mol. The van der Waals surface area contributed by atoms with Crippen LogP contribution in [0.3, 0.4) is 0 Å². The Hall–Kier alpha value is -2.98. The standard InChI is InChI=1S/C19H14ClFN4O2/c20-16-11(8-22)7-14(21)17(24-16)23-15(10-5-6-10)9-25-18(26)12-3-1-2-4-13(12)19(25)27/h1-4,7,10,15H,5-6,9H2,(H,23,24). The minimum absolute atomic E-state index is 0.0527. The lowest BCUT2D eigenvalue weighted by Gasteiger charge is -2.24. The Balaban J connectivity index is 1.57. The highest BCUT2D eigenvalue weighted by Gasteiger charge is 2.40. The summed E-state index contributed by atoms with van der Waals surface area (Å²) in [7, 11) is 0. The van der Waals surface area contributed by atoms with Crippen molar-refractivity contribution in [3.05, 3.63) is 58.0 Å². The van der Waals surface area contributed by atoms with Crippen LogP contribution >= 0.6 is 11.6 Å². The quantitative estimate of drug-likeness (QED) is 0.631. The first kappa shape index (κ1) is 17.4. The van der Waals surface area contributed by atoms with Gasteiger partial charge in [0.15, 0.2) is 11.6 Å². The van der Waals surface area contributed by atoms with Crippen LogP contribution < -0.4 is 5.32 Å². The largest absolute Gasteiger partial charge is 0.363 e. The van der Waals surface area contributed by atoms with Crippen LogP contribution in [0.4, 0.5) is 10.2 Å². The lowest BCUT2D eigenvalue weighted by molar-refractivity contribution is 0.0645. The smallest absolute Gasteiger partial charge is 0.261 e. The highest BCUT2D eigenvalue weighted by Crippen LogP contribution is 2.36. The number of nitrogens with zero attached hydrogens (tertiary/aromatic N) is 3. The maximum absolute atomic E-state index is 14.3. The lowest BCUT2D eigenvalue weighted by atomic mass is 10.1. The Bertz CT molecular complexity index is 965. The Morgan fingerprint density at radius 3 is 2.48 bits per heavy atom. The molecule has 1 aromatic heterocycles. The van der Waals surface area contributed by atoms with Crippen LogP contribution in [-0.2, 0) is 0 Å². The molecule has 6 nitrogen and oxygen atoms in total. The molecule has 1 unspecified atom stereocenters. The van der Waals surface area contributed by atoms with Gasteiger partial charge < -0.3 is 5.32 Å². The molecule has 0 saturated heterocycles. The number of rotatable bonds is 5. The fourth-order valence-corrected chi connectivity index (χ4v) is 3.42. The number of hydrogen-bond donors (Lipinski definition) is 1. The summed E-state index contributed by atoms with van der Waals surface area (Å²) in [6.45, 7) is 0.107. The van der Waals surface area contributed by atoms with Crippen molar-refractivity contribution in [2.45, 2.75) is 18.9 Å². The molecule has 136 valence electrons. The topological polar surface area (TPSA) is 86.1 Å². The van der Waals surface area contributed by atoms with Gasteiger partial charge >= 0.3 is 0 Å². The van der Waals surface area contributed by atoms with Crippen LogP contribution in [0.2, 0.25) is 5.15 Å². The molecule has 2 aromatic rings. The molecule has 1 N–H and O–H groups in total. The fraction of sp³-hybridized carbons (Fsp3) is 0.263. The van der Waals surface area contributed by atoms with E-state index >= 15 is 0 Å². The van der Waals surface area contributed by atoms with Crippen molar-refractivity contribution in [2.75, 3.05) is 11.9 Å². The number of pyridine rings is 1. The maximum Gasteiger partial charge on any atom is 0.261 e. The summed E-state index contributed by atoms with van der Waals surface area (Å²) in [5, 5.41) is 11.8. The molecule has 0 radical (unpaired) electrons. The van der Waals surface area contributed by atoms with Gasteiger partial charge in [0, 0.05) is 12.6 Å². The van der Waals surface area contributed by atoms with Gasteiger partial charge in [0.05, 0.1) is 16.7 Å². The molecule has 0 bridgehead atoms. The normalized spacial score (nSPS) is 16.9. The van der Waals surface area contributed by atoms with E-state index in [2.05, 4.69) is 10.3 Å². The van der Waals surface area contributed by atoms with Crippen LogP contribution in [-0.4, -0.2) is 34.3 Å². The number of aromatic nitrogens is 1. The van der Waals surface area contributed by atoms with Gasteiger partial charge in [-0.15, -0.1) is 0 Å². The SMILES string of the molecule is N#Cc1cc(F)c(NC(CN2C(=O)c3ccccc3C2=O)C2CC2)nc1Cl. The van der Waals surface area contributed by atoms with Crippen LogP contribution in [0.15, 0.2) is 30.3 Å². The average Bonchev–Trinajstić information content (AvgIpc) is 3.48. The summed E-state index contributed by atoms with van der Waals surface area (Å²) in [5.41, 5.74) is 0.702. The summed E-state index contributed by atoms with van der Waals surface area (Å²) in [5.74, 6) is -1.30. The molecule has 1 aliphatic heterocycles. The zero-order valence-electron chi connectivity index (χ0n) is 14.1. The highest BCUT2D eigenvalue weighted by molar-refractivity contribution is 6.30. The molecule has 2 amide bonds. The summed E-state index contributed by atoms with van der Waals surface area (Å²) < 4.78 is 14.3. The molecule has 8 heteroatoms. The van der Waals surface area contributed by atoms with Gasteiger partial charge in [-0.2, -0.15) is 5.26 Å². The maximum atomic E-state index is 14.3. The van der Waals surface area contributed by atoms with Crippen LogP contribution in [0.5, 0.6) is 0 Å². The molecular formula is C19H14ClFN4O2. The zero-order valence-corrected chi connectivity index (χ0v) is 14.8. The van der Waals surface area contributed by atoms with Crippen molar-refractivity contribution in [1.29, 1.82) is 5.26 Å². The van der Waals surface area contributed by atoms with E-state index in [1.807, 2.05) is 0 Å². The average molecular weight is 385 g/mol. The number of imide groups is 1. The molecule has 27 heavy (non-hydrogen) atoms. The van der Waals surface area contributed by atoms with Gasteiger partial charge in [-0.05, 0) is 37.0 Å². The van der Waals surface area contributed by atoms with E-state index in [0.717, 1.165) is 18.9 Å². The monoisotopic (exact) mass is 384 g/mol. The number of hydrogen-bond acceptors (Lipinski definition) is 5. The van der Waals surface area contributed by atoms with E-state index in [4.69, 9.17) is 16.9 Å². The number of nitrogens with one attached hydrogen (secondary N) is 1. The number of nitriles is 1. The number of anilines is 1. The van der Waals surface area contributed by atoms with Crippen molar-refractivity contribution in [3.8, 4) is 6.07 Å². The van der Waals surface area contributed by atoms with Gasteiger partial charge in [0.1, 0.15) is 11.2 Å². The van der Waals surface area contributed by atoms with Crippen molar-refractivity contribution in [2.24, 2.45) is 5.92 Å². The van der Waals surface area contributed by atoms with Crippen LogP contribution in [0.25, 0.3) is 0 Å². The Kier molecular flexibility index (Phi) is 4.28. The van der Waals surface area contributed by atoms with Crippen molar-refractivity contribution >= 4 is 29.2 Å². The molecule has 1 aliphatic carbocycles. The first-order chi connectivity index (χ1) is 13.0. The molecule has 1 fully saturated rings. The van der Waals surface area contributed by atoms with Gasteiger partial charge in [-0.25, -0.2) is 9.37 Å². The van der Waals surface area contributed by atoms with Gasteiger partial charge in [0.25, 0.3) is 11.8 Å². The predicted molar refractivity (Wildman–Crippen MR) is 95.9 cm³/mol. The highest BCUT2D eigenvalue weighted by atomic mass is 35.5. The summed E-state index contributed by atoms with van der Waals surface area (Å²) in [6.07, 6.45) is 1.82. The molecule has 1 aromatic carbocycles. The van der Waals surface area contributed by atoms with E-state index in [9.17, 15) is 14.0 Å². The van der Waals surface area contributed by atoms with Gasteiger partial charge in [0.2, 0.25) is 0 Å². The number of carbonyl (C=O) groups excluding carboxylic acids is 2. The Labute approximate surface area is 159 Å². The van der Waals surface area contributed by atoms with Gasteiger partial charge in [-0.1, -0.05) is 23.7 Å². The first-order valence-corrected chi connectivity index (χ1v) is 8.85. The van der Waals surface area contributed by atoms with E-state index in [0.29, 0.717) is 11.1 Å². The van der Waals surface area contributed by atoms with Crippen molar-refractivity contribution in [1.82, 2.24) is 9.88 Å². The fourth-order valence-electron chi connectivity index (χ4n) is 3.23. The third-order valence-corrected chi connectivity index (χ3v) is 5.11. The second-order valence-corrected chi connectivity index (χ2v) is 6.98. The minimum atomic E-state index is -0.705. The third kappa shape index (κ3) is 3.13. The molecule has 2 heterocycles. The summed E-state index contributed by atoms with van der Waals surface area (Å²) in [6, 6.07) is 9.11. The third-order valence-electron chi connectivity index (χ3n) is 4.82. The molecule has 1 atom stereocenters. The van der Waals surface area contributed by atoms with Crippen molar-refractivity contribution < 1.29 is 14.0 Å². The van der Waals surface area contributed by atoms with E-state index in [-0.39, 0.29) is 46.9 Å². The second kappa shape index (κ2) is 6.63. The lowest BCUT2D eigenvalue weighted by Crippen LogP contribution is -2.41. The Morgan fingerprint density at radius 1 is 1.30 bits per heavy atom.